The molecule has 0 heterocycles. The highest BCUT2D eigenvalue weighted by Crippen LogP contribution is 2.20. The van der Waals surface area contributed by atoms with Gasteiger partial charge in [0.05, 0.1) is 23.7 Å². The number of rotatable bonds is 4. The third kappa shape index (κ3) is 2.97. The fourth-order valence-electron chi connectivity index (χ4n) is 1.01. The molecule has 0 N–H and O–H groups in total. The smallest absolute Gasteiger partial charge is 0.137 e. The number of benzene rings is 1. The predicted octanol–water partition coefficient (Wildman–Crippen LogP) is 3.30. The molecule has 2 nitrogen and oxygen atoms in total. The zero-order valence-electron chi connectivity index (χ0n) is 8.41. The largest absolute Gasteiger partial charge is 0.426 e. The summed E-state index contributed by atoms with van der Waals surface area (Å²) in [6.07, 6.45) is 1.10. The van der Waals surface area contributed by atoms with Crippen LogP contribution in [-0.4, -0.2) is 5.75 Å². The van der Waals surface area contributed by atoms with Crippen LogP contribution in [0, 0.1) is 18.3 Å². The van der Waals surface area contributed by atoms with Crippen molar-refractivity contribution in [2.24, 2.45) is 0 Å². The minimum Gasteiger partial charge on any atom is -0.426 e. The molecule has 0 saturated heterocycles. The van der Waals surface area contributed by atoms with Gasteiger partial charge in [-0.25, -0.2) is 0 Å². The van der Waals surface area contributed by atoms with Crippen LogP contribution in [0.5, 0.6) is 5.75 Å². The minimum absolute atomic E-state index is 0.706. The fraction of sp³-hybridized carbons (Fsp3) is 0.364. The lowest BCUT2D eigenvalue weighted by molar-refractivity contribution is 0.644. The second-order valence-corrected chi connectivity index (χ2v) is 3.80. The highest BCUT2D eigenvalue weighted by Gasteiger charge is 1.99. The van der Waals surface area contributed by atoms with Gasteiger partial charge in [0.2, 0.25) is 0 Å². The summed E-state index contributed by atoms with van der Waals surface area (Å²) in [6, 6.07) is 7.63. The van der Waals surface area contributed by atoms with E-state index in [9.17, 15) is 0 Å². The zero-order chi connectivity index (χ0) is 10.4. The zero-order valence-corrected chi connectivity index (χ0v) is 9.23. The molecule has 1 rings (SSSR count). The van der Waals surface area contributed by atoms with Crippen LogP contribution >= 0.6 is 12.0 Å². The Morgan fingerprint density at radius 2 is 2.29 bits per heavy atom. The summed E-state index contributed by atoms with van der Waals surface area (Å²) in [7, 11) is 0. The van der Waals surface area contributed by atoms with Gasteiger partial charge < -0.3 is 4.18 Å². The third-order valence-corrected chi connectivity index (χ3v) is 2.65. The van der Waals surface area contributed by atoms with Crippen LogP contribution in [0.25, 0.3) is 0 Å². The summed E-state index contributed by atoms with van der Waals surface area (Å²) in [5.74, 6) is 1.80. The standard InChI is InChI=1S/C11H13NOS/c1-3-6-14-13-11-5-4-10(8-12)9(2)7-11/h4-5,7H,3,6H2,1-2H3. The van der Waals surface area contributed by atoms with Crippen molar-refractivity contribution in [2.45, 2.75) is 20.3 Å². The Bertz CT molecular complexity index is 344. The number of hydrogen-bond donors (Lipinski definition) is 0. The average molecular weight is 207 g/mol. The summed E-state index contributed by atoms with van der Waals surface area (Å²) >= 11 is 1.45. The molecule has 0 amide bonds. The Labute approximate surface area is 89.1 Å². The van der Waals surface area contributed by atoms with Gasteiger partial charge in [-0.2, -0.15) is 5.26 Å². The number of nitriles is 1. The van der Waals surface area contributed by atoms with E-state index in [2.05, 4.69) is 13.0 Å². The first-order valence-corrected chi connectivity index (χ1v) is 5.49. The van der Waals surface area contributed by atoms with E-state index in [1.165, 1.54) is 12.0 Å². The van der Waals surface area contributed by atoms with E-state index >= 15 is 0 Å². The first kappa shape index (κ1) is 10.9. The van der Waals surface area contributed by atoms with E-state index in [1.54, 1.807) is 6.07 Å². The van der Waals surface area contributed by atoms with Crippen molar-refractivity contribution < 1.29 is 4.18 Å². The molecular weight excluding hydrogens is 194 g/mol. The summed E-state index contributed by atoms with van der Waals surface area (Å²) in [5.41, 5.74) is 1.67. The lowest BCUT2D eigenvalue weighted by atomic mass is 10.1. The predicted molar refractivity (Wildman–Crippen MR) is 59.3 cm³/mol. The van der Waals surface area contributed by atoms with Crippen molar-refractivity contribution >= 4 is 12.0 Å². The molecule has 0 bridgehead atoms. The van der Waals surface area contributed by atoms with Crippen LogP contribution in [0.2, 0.25) is 0 Å². The maximum absolute atomic E-state index is 8.73. The molecule has 0 aliphatic rings. The van der Waals surface area contributed by atoms with Crippen molar-refractivity contribution in [3.63, 3.8) is 0 Å². The third-order valence-electron chi connectivity index (χ3n) is 1.76. The van der Waals surface area contributed by atoms with Gasteiger partial charge in [-0.15, -0.1) is 0 Å². The number of hydrogen-bond acceptors (Lipinski definition) is 3. The molecule has 0 unspecified atom stereocenters. The molecule has 0 fully saturated rings. The second kappa shape index (κ2) is 5.56. The second-order valence-electron chi connectivity index (χ2n) is 2.99. The topological polar surface area (TPSA) is 33.0 Å². The maximum Gasteiger partial charge on any atom is 0.137 e. The molecule has 0 atom stereocenters. The molecule has 0 aliphatic carbocycles. The fourth-order valence-corrected chi connectivity index (χ4v) is 1.50. The van der Waals surface area contributed by atoms with Crippen LogP contribution in [0.15, 0.2) is 18.2 Å². The van der Waals surface area contributed by atoms with Crippen LogP contribution in [-0.2, 0) is 0 Å². The highest BCUT2D eigenvalue weighted by molar-refractivity contribution is 7.95. The Morgan fingerprint density at radius 3 is 2.86 bits per heavy atom. The van der Waals surface area contributed by atoms with Crippen molar-refractivity contribution in [3.8, 4) is 11.8 Å². The van der Waals surface area contributed by atoms with Gasteiger partial charge in [0, 0.05) is 5.75 Å². The van der Waals surface area contributed by atoms with Crippen LogP contribution in [0.4, 0.5) is 0 Å². The van der Waals surface area contributed by atoms with Gasteiger partial charge in [0.15, 0.2) is 0 Å². The molecule has 3 heteroatoms. The van der Waals surface area contributed by atoms with E-state index in [-0.39, 0.29) is 0 Å². The molecule has 1 aromatic carbocycles. The Hall–Kier alpha value is -1.14. The highest BCUT2D eigenvalue weighted by atomic mass is 32.2. The van der Waals surface area contributed by atoms with E-state index in [0.717, 1.165) is 23.5 Å². The summed E-state index contributed by atoms with van der Waals surface area (Å²) in [6.45, 7) is 4.02. The van der Waals surface area contributed by atoms with Gasteiger partial charge in [-0.1, -0.05) is 6.92 Å². The van der Waals surface area contributed by atoms with Crippen LogP contribution in [0.1, 0.15) is 24.5 Å². The first-order chi connectivity index (χ1) is 6.77. The Kier molecular flexibility index (Phi) is 4.34. The quantitative estimate of drug-likeness (QED) is 0.561. The maximum atomic E-state index is 8.73. The minimum atomic E-state index is 0.706. The van der Waals surface area contributed by atoms with Gasteiger partial charge in [-0.05, 0) is 37.1 Å². The van der Waals surface area contributed by atoms with Crippen molar-refractivity contribution in [1.29, 1.82) is 5.26 Å². The van der Waals surface area contributed by atoms with E-state index in [1.807, 2.05) is 19.1 Å². The SMILES string of the molecule is CCCSOc1ccc(C#N)c(C)c1. The molecule has 74 valence electrons. The number of nitrogens with zero attached hydrogens (tertiary/aromatic N) is 1. The first-order valence-electron chi connectivity index (χ1n) is 4.58. The summed E-state index contributed by atoms with van der Waals surface area (Å²) < 4.78 is 5.43. The molecule has 0 saturated carbocycles. The molecule has 14 heavy (non-hydrogen) atoms. The summed E-state index contributed by atoms with van der Waals surface area (Å²) in [4.78, 5) is 0. The molecular formula is C11H13NOS. The van der Waals surface area contributed by atoms with Crippen molar-refractivity contribution in [3.05, 3.63) is 29.3 Å². The monoisotopic (exact) mass is 207 g/mol. The van der Waals surface area contributed by atoms with E-state index in [0.29, 0.717) is 5.56 Å². The molecule has 0 aliphatic heterocycles. The van der Waals surface area contributed by atoms with E-state index < -0.39 is 0 Å². The van der Waals surface area contributed by atoms with Crippen LogP contribution in [0.3, 0.4) is 0 Å². The van der Waals surface area contributed by atoms with Gasteiger partial charge in [0.1, 0.15) is 5.75 Å². The molecule has 0 radical (unpaired) electrons. The molecule has 1 aromatic rings. The van der Waals surface area contributed by atoms with Gasteiger partial charge in [0.25, 0.3) is 0 Å². The Balaban J connectivity index is 2.63. The average Bonchev–Trinajstić information content (AvgIpc) is 2.18. The van der Waals surface area contributed by atoms with E-state index in [4.69, 9.17) is 9.44 Å². The molecule has 0 spiro atoms. The van der Waals surface area contributed by atoms with Gasteiger partial charge >= 0.3 is 0 Å². The van der Waals surface area contributed by atoms with Crippen LogP contribution < -0.4 is 4.18 Å². The lowest BCUT2D eigenvalue weighted by Gasteiger charge is -2.04. The lowest BCUT2D eigenvalue weighted by Crippen LogP contribution is -1.87. The molecule has 0 aromatic heterocycles. The van der Waals surface area contributed by atoms with Gasteiger partial charge in [-0.3, -0.25) is 0 Å². The van der Waals surface area contributed by atoms with Crippen molar-refractivity contribution in [2.75, 3.05) is 5.75 Å². The normalized spacial score (nSPS) is 9.50. The number of aryl methyl sites for hydroxylation is 1. The summed E-state index contributed by atoms with van der Waals surface area (Å²) in [5, 5.41) is 8.73. The Morgan fingerprint density at radius 1 is 1.50 bits per heavy atom. The van der Waals surface area contributed by atoms with Crippen molar-refractivity contribution in [1.82, 2.24) is 0 Å².